The van der Waals surface area contributed by atoms with Crippen molar-refractivity contribution in [3.8, 4) is 5.75 Å². The van der Waals surface area contributed by atoms with E-state index in [-0.39, 0.29) is 19.0 Å². The van der Waals surface area contributed by atoms with Crippen LogP contribution in [-0.2, 0) is 13.2 Å². The van der Waals surface area contributed by atoms with Gasteiger partial charge in [-0.15, -0.1) is 0 Å². The van der Waals surface area contributed by atoms with E-state index in [9.17, 15) is 4.39 Å². The summed E-state index contributed by atoms with van der Waals surface area (Å²) in [5.41, 5.74) is 1.11. The normalized spacial score (nSPS) is 10.4. The molecular formula is C13H11ClFNO2. The molecule has 0 spiro atoms. The summed E-state index contributed by atoms with van der Waals surface area (Å²) in [5, 5.41) is 9.57. The quantitative estimate of drug-likeness (QED) is 0.926. The van der Waals surface area contributed by atoms with Crippen molar-refractivity contribution in [3.05, 3.63) is 58.6 Å². The third kappa shape index (κ3) is 2.78. The van der Waals surface area contributed by atoms with Gasteiger partial charge in [0.25, 0.3) is 0 Å². The summed E-state index contributed by atoms with van der Waals surface area (Å²) in [4.78, 5) is 3.85. The Balaban J connectivity index is 2.18. The van der Waals surface area contributed by atoms with Crippen LogP contribution in [-0.4, -0.2) is 10.1 Å². The first kappa shape index (κ1) is 12.8. The van der Waals surface area contributed by atoms with Gasteiger partial charge in [0.05, 0.1) is 11.6 Å². The lowest BCUT2D eigenvalue weighted by atomic mass is 10.2. The van der Waals surface area contributed by atoms with Gasteiger partial charge in [0.2, 0.25) is 0 Å². The zero-order chi connectivity index (χ0) is 13.0. The van der Waals surface area contributed by atoms with Gasteiger partial charge >= 0.3 is 0 Å². The number of pyridine rings is 1. The van der Waals surface area contributed by atoms with Crippen LogP contribution in [0.3, 0.4) is 0 Å². The van der Waals surface area contributed by atoms with Crippen molar-refractivity contribution in [2.45, 2.75) is 13.2 Å². The van der Waals surface area contributed by atoms with Crippen LogP contribution >= 0.6 is 11.6 Å². The van der Waals surface area contributed by atoms with Crippen molar-refractivity contribution in [3.63, 3.8) is 0 Å². The number of halogens is 2. The standard InChI is InChI=1S/C13H11ClFNO2/c14-11-6-16-5-4-10(11)8-18-13-9(7-17)2-1-3-12(13)15/h1-6,17H,7-8H2. The average Bonchev–Trinajstić information content (AvgIpc) is 2.39. The molecule has 1 heterocycles. The van der Waals surface area contributed by atoms with Crippen LogP contribution in [0, 0.1) is 5.82 Å². The van der Waals surface area contributed by atoms with Crippen molar-refractivity contribution in [2.24, 2.45) is 0 Å². The fourth-order valence-electron chi connectivity index (χ4n) is 1.51. The molecular weight excluding hydrogens is 257 g/mol. The Hall–Kier alpha value is -1.65. The number of para-hydroxylation sites is 1. The van der Waals surface area contributed by atoms with E-state index in [0.717, 1.165) is 0 Å². The highest BCUT2D eigenvalue weighted by molar-refractivity contribution is 6.31. The molecule has 0 fully saturated rings. The maximum atomic E-state index is 13.6. The molecule has 0 saturated carbocycles. The smallest absolute Gasteiger partial charge is 0.165 e. The Morgan fingerprint density at radius 2 is 2.11 bits per heavy atom. The molecule has 18 heavy (non-hydrogen) atoms. The molecule has 0 aliphatic carbocycles. The molecule has 0 amide bonds. The van der Waals surface area contributed by atoms with Gasteiger partial charge in [-0.2, -0.15) is 0 Å². The van der Waals surface area contributed by atoms with Gasteiger partial charge in [-0.3, -0.25) is 4.98 Å². The third-order valence-electron chi connectivity index (χ3n) is 2.45. The van der Waals surface area contributed by atoms with Crippen LogP contribution in [0.2, 0.25) is 5.02 Å². The Morgan fingerprint density at radius 3 is 2.83 bits per heavy atom. The maximum absolute atomic E-state index is 13.6. The number of aromatic nitrogens is 1. The van der Waals surface area contributed by atoms with E-state index >= 15 is 0 Å². The highest BCUT2D eigenvalue weighted by Crippen LogP contribution is 2.24. The van der Waals surface area contributed by atoms with Crippen LogP contribution in [0.1, 0.15) is 11.1 Å². The highest BCUT2D eigenvalue weighted by atomic mass is 35.5. The molecule has 0 aliphatic heterocycles. The first-order chi connectivity index (χ1) is 8.72. The van der Waals surface area contributed by atoms with Crippen LogP contribution in [0.4, 0.5) is 4.39 Å². The average molecular weight is 268 g/mol. The maximum Gasteiger partial charge on any atom is 0.165 e. The molecule has 2 aromatic rings. The number of aliphatic hydroxyl groups is 1. The van der Waals surface area contributed by atoms with Crippen molar-refractivity contribution in [2.75, 3.05) is 0 Å². The molecule has 0 atom stereocenters. The Kier molecular flexibility index (Phi) is 4.12. The monoisotopic (exact) mass is 267 g/mol. The first-order valence-electron chi connectivity index (χ1n) is 5.32. The van der Waals surface area contributed by atoms with Crippen molar-refractivity contribution in [1.82, 2.24) is 4.98 Å². The predicted octanol–water partition coefficient (Wildman–Crippen LogP) is 2.95. The molecule has 0 unspecified atom stereocenters. The van der Waals surface area contributed by atoms with Crippen LogP contribution in [0.15, 0.2) is 36.7 Å². The van der Waals surface area contributed by atoms with Crippen LogP contribution < -0.4 is 4.74 Å². The topological polar surface area (TPSA) is 42.4 Å². The molecule has 1 N–H and O–H groups in total. The van der Waals surface area contributed by atoms with E-state index in [4.69, 9.17) is 21.4 Å². The summed E-state index contributed by atoms with van der Waals surface area (Å²) < 4.78 is 18.9. The second-order valence-electron chi connectivity index (χ2n) is 3.64. The summed E-state index contributed by atoms with van der Waals surface area (Å²) in [6.07, 6.45) is 3.08. The third-order valence-corrected chi connectivity index (χ3v) is 2.79. The second kappa shape index (κ2) is 5.80. The van der Waals surface area contributed by atoms with Gasteiger partial charge in [0, 0.05) is 23.5 Å². The number of hydrogen-bond acceptors (Lipinski definition) is 3. The largest absolute Gasteiger partial charge is 0.485 e. The molecule has 0 aliphatic rings. The van der Waals surface area contributed by atoms with Gasteiger partial charge in [0.15, 0.2) is 11.6 Å². The first-order valence-corrected chi connectivity index (χ1v) is 5.69. The lowest BCUT2D eigenvalue weighted by Gasteiger charge is -2.11. The van der Waals surface area contributed by atoms with Gasteiger partial charge in [-0.25, -0.2) is 4.39 Å². The summed E-state index contributed by atoms with van der Waals surface area (Å²) >= 11 is 5.92. The minimum absolute atomic E-state index is 0.0490. The fourth-order valence-corrected chi connectivity index (χ4v) is 1.68. The van der Waals surface area contributed by atoms with Gasteiger partial charge < -0.3 is 9.84 Å². The van der Waals surface area contributed by atoms with Crippen molar-refractivity contribution in [1.29, 1.82) is 0 Å². The zero-order valence-corrected chi connectivity index (χ0v) is 10.2. The Bertz CT molecular complexity index is 548. The highest BCUT2D eigenvalue weighted by Gasteiger charge is 2.10. The molecule has 3 nitrogen and oxygen atoms in total. The Morgan fingerprint density at radius 1 is 1.28 bits per heavy atom. The van der Waals surface area contributed by atoms with Crippen LogP contribution in [0.5, 0.6) is 5.75 Å². The minimum Gasteiger partial charge on any atom is -0.485 e. The number of nitrogens with zero attached hydrogens (tertiary/aromatic N) is 1. The number of ether oxygens (including phenoxy) is 1. The number of aliphatic hydroxyl groups excluding tert-OH is 1. The lowest BCUT2D eigenvalue weighted by molar-refractivity contribution is 0.251. The van der Waals surface area contributed by atoms with Gasteiger partial charge in [0.1, 0.15) is 6.61 Å². The van der Waals surface area contributed by atoms with Crippen LogP contribution in [0.25, 0.3) is 0 Å². The van der Waals surface area contributed by atoms with E-state index in [0.29, 0.717) is 16.1 Å². The molecule has 5 heteroatoms. The number of rotatable bonds is 4. The van der Waals surface area contributed by atoms with E-state index in [1.165, 1.54) is 18.3 Å². The molecule has 0 bridgehead atoms. The molecule has 1 aromatic heterocycles. The summed E-state index contributed by atoms with van der Waals surface area (Å²) in [5.74, 6) is -0.459. The minimum atomic E-state index is -0.508. The summed E-state index contributed by atoms with van der Waals surface area (Å²) in [6, 6.07) is 6.10. The number of hydrogen-bond donors (Lipinski definition) is 1. The molecule has 0 saturated heterocycles. The molecule has 0 radical (unpaired) electrons. The number of benzene rings is 1. The lowest BCUT2D eigenvalue weighted by Crippen LogP contribution is -2.01. The SMILES string of the molecule is OCc1cccc(F)c1OCc1ccncc1Cl. The van der Waals surface area contributed by atoms with Crippen molar-refractivity contribution >= 4 is 11.6 Å². The van der Waals surface area contributed by atoms with E-state index < -0.39 is 5.82 Å². The van der Waals surface area contributed by atoms with E-state index in [1.54, 1.807) is 18.3 Å². The van der Waals surface area contributed by atoms with Crippen molar-refractivity contribution < 1.29 is 14.2 Å². The fraction of sp³-hybridized carbons (Fsp3) is 0.154. The summed E-state index contributed by atoms with van der Waals surface area (Å²) in [6.45, 7) is -0.160. The molecule has 1 aromatic carbocycles. The van der Waals surface area contributed by atoms with Gasteiger partial charge in [-0.1, -0.05) is 23.7 Å². The summed E-state index contributed by atoms with van der Waals surface area (Å²) in [7, 11) is 0. The zero-order valence-electron chi connectivity index (χ0n) is 9.44. The van der Waals surface area contributed by atoms with E-state index in [1.807, 2.05) is 0 Å². The molecule has 94 valence electrons. The van der Waals surface area contributed by atoms with E-state index in [2.05, 4.69) is 4.98 Å². The molecule has 2 rings (SSSR count). The second-order valence-corrected chi connectivity index (χ2v) is 4.05. The van der Waals surface area contributed by atoms with Gasteiger partial charge in [-0.05, 0) is 12.1 Å². The Labute approximate surface area is 109 Å². The predicted molar refractivity (Wildman–Crippen MR) is 65.9 cm³/mol.